The molecule has 1 aliphatic heterocycles. The van der Waals surface area contributed by atoms with Gasteiger partial charge in [-0.15, -0.1) is 24.0 Å². The molecule has 1 aliphatic rings. The van der Waals surface area contributed by atoms with Crippen molar-refractivity contribution in [2.45, 2.75) is 19.4 Å². The van der Waals surface area contributed by atoms with Gasteiger partial charge in [0, 0.05) is 45.3 Å². The number of nitrogens with zero attached hydrogens (tertiary/aromatic N) is 2. The lowest BCUT2D eigenvalue weighted by Gasteiger charge is -2.27. The number of likely N-dealkylation sites (N-methyl/N-ethyl adjacent to an activating group) is 1. The molecule has 2 rings (SSSR count). The van der Waals surface area contributed by atoms with E-state index in [9.17, 15) is 5.11 Å². The van der Waals surface area contributed by atoms with Crippen LogP contribution in [-0.4, -0.2) is 76.6 Å². The van der Waals surface area contributed by atoms with Gasteiger partial charge in [-0.3, -0.25) is 4.99 Å². The Balaban J connectivity index is 0.00000392. The van der Waals surface area contributed by atoms with Gasteiger partial charge in [0.05, 0.1) is 6.61 Å². The lowest BCUT2D eigenvalue weighted by molar-refractivity contribution is 0.127. The summed E-state index contributed by atoms with van der Waals surface area (Å²) in [5.74, 6) is 1.63. The molecule has 1 aromatic carbocycles. The van der Waals surface area contributed by atoms with Gasteiger partial charge in [-0.1, -0.05) is 12.1 Å². The molecule has 1 fully saturated rings. The largest absolute Gasteiger partial charge is 0.492 e. The van der Waals surface area contributed by atoms with E-state index in [1.807, 2.05) is 32.3 Å². The summed E-state index contributed by atoms with van der Waals surface area (Å²) in [6.45, 7) is 4.57. The van der Waals surface area contributed by atoms with Crippen LogP contribution in [-0.2, 0) is 11.3 Å². The SMILES string of the molecule is CN=C(NCc1cccc(OCCN(C)C)c1)NCC1(CCO)CCOC1.I. The van der Waals surface area contributed by atoms with Gasteiger partial charge in [-0.05, 0) is 44.6 Å². The average Bonchev–Trinajstić information content (AvgIpc) is 3.11. The first kappa shape index (κ1) is 24.9. The first-order valence-electron chi connectivity index (χ1n) is 9.56. The zero-order chi connectivity index (χ0) is 19.5. The van der Waals surface area contributed by atoms with Gasteiger partial charge in [-0.25, -0.2) is 0 Å². The van der Waals surface area contributed by atoms with Crippen molar-refractivity contribution in [1.29, 1.82) is 0 Å². The summed E-state index contributed by atoms with van der Waals surface area (Å²) in [5.41, 5.74) is 1.13. The summed E-state index contributed by atoms with van der Waals surface area (Å²) in [5, 5.41) is 16.1. The van der Waals surface area contributed by atoms with Gasteiger partial charge < -0.3 is 30.1 Å². The molecule has 28 heavy (non-hydrogen) atoms. The predicted molar refractivity (Wildman–Crippen MR) is 124 cm³/mol. The monoisotopic (exact) mass is 506 g/mol. The molecule has 0 radical (unpaired) electrons. The number of aliphatic hydroxyl groups is 1. The van der Waals surface area contributed by atoms with Crippen molar-refractivity contribution < 1.29 is 14.6 Å². The van der Waals surface area contributed by atoms with E-state index in [0.717, 1.165) is 49.8 Å². The quantitative estimate of drug-likeness (QED) is 0.255. The van der Waals surface area contributed by atoms with Crippen LogP contribution in [0.25, 0.3) is 0 Å². The number of hydrogen-bond donors (Lipinski definition) is 3. The normalized spacial score (nSPS) is 19.4. The smallest absolute Gasteiger partial charge is 0.191 e. The van der Waals surface area contributed by atoms with Crippen molar-refractivity contribution in [3.8, 4) is 5.75 Å². The summed E-state index contributed by atoms with van der Waals surface area (Å²) >= 11 is 0. The molecule has 0 aromatic heterocycles. The van der Waals surface area contributed by atoms with Gasteiger partial charge in [0.1, 0.15) is 12.4 Å². The molecule has 8 heteroatoms. The van der Waals surface area contributed by atoms with Gasteiger partial charge in [0.2, 0.25) is 0 Å². The van der Waals surface area contributed by atoms with Crippen molar-refractivity contribution in [2.24, 2.45) is 10.4 Å². The van der Waals surface area contributed by atoms with E-state index >= 15 is 0 Å². The highest BCUT2D eigenvalue weighted by atomic mass is 127. The van der Waals surface area contributed by atoms with Crippen LogP contribution in [0.3, 0.4) is 0 Å². The minimum Gasteiger partial charge on any atom is -0.492 e. The van der Waals surface area contributed by atoms with E-state index in [1.165, 1.54) is 0 Å². The van der Waals surface area contributed by atoms with Crippen LogP contribution >= 0.6 is 24.0 Å². The number of nitrogens with one attached hydrogen (secondary N) is 2. The number of aliphatic hydroxyl groups excluding tert-OH is 1. The third-order valence-electron chi connectivity index (χ3n) is 4.85. The lowest BCUT2D eigenvalue weighted by Crippen LogP contribution is -2.44. The van der Waals surface area contributed by atoms with Crippen LogP contribution in [0.15, 0.2) is 29.3 Å². The van der Waals surface area contributed by atoms with Crippen LogP contribution < -0.4 is 15.4 Å². The highest BCUT2D eigenvalue weighted by Crippen LogP contribution is 2.31. The third kappa shape index (κ3) is 8.50. The van der Waals surface area contributed by atoms with Crippen molar-refractivity contribution in [3.05, 3.63) is 29.8 Å². The number of ether oxygens (including phenoxy) is 2. The molecule has 1 unspecified atom stereocenters. The molecule has 1 atom stereocenters. The number of halogens is 1. The second kappa shape index (κ2) is 13.2. The van der Waals surface area contributed by atoms with Gasteiger partial charge >= 0.3 is 0 Å². The average molecular weight is 506 g/mol. The Morgan fingerprint density at radius 1 is 1.36 bits per heavy atom. The van der Waals surface area contributed by atoms with Gasteiger partial charge in [0.25, 0.3) is 0 Å². The van der Waals surface area contributed by atoms with Crippen molar-refractivity contribution in [3.63, 3.8) is 0 Å². The van der Waals surface area contributed by atoms with E-state index < -0.39 is 0 Å². The molecule has 0 amide bonds. The van der Waals surface area contributed by atoms with Gasteiger partial charge in [0.15, 0.2) is 5.96 Å². The number of rotatable bonds is 10. The standard InChI is InChI=1S/C20H34N4O3.HI/c1-21-19(23-15-20(7-10-25)8-11-26-16-20)22-14-17-5-4-6-18(13-17)27-12-9-24(2)3;/h4-6,13,25H,7-12,14-16H2,1-3H3,(H2,21,22,23);1H. The molecule has 160 valence electrons. The van der Waals surface area contributed by atoms with Gasteiger partial charge in [-0.2, -0.15) is 0 Å². The summed E-state index contributed by atoms with van der Waals surface area (Å²) < 4.78 is 11.3. The molecule has 7 nitrogen and oxygen atoms in total. The maximum absolute atomic E-state index is 9.34. The first-order chi connectivity index (χ1) is 13.1. The van der Waals surface area contributed by atoms with Crippen molar-refractivity contribution in [2.75, 3.05) is 60.7 Å². The molecule has 0 bridgehead atoms. The van der Waals surface area contributed by atoms with Crippen molar-refractivity contribution in [1.82, 2.24) is 15.5 Å². The van der Waals surface area contributed by atoms with Crippen molar-refractivity contribution >= 4 is 29.9 Å². The first-order valence-corrected chi connectivity index (χ1v) is 9.56. The van der Waals surface area contributed by atoms with E-state index in [4.69, 9.17) is 9.47 Å². The van der Waals surface area contributed by atoms with Crippen LogP contribution in [0.1, 0.15) is 18.4 Å². The fraction of sp³-hybridized carbons (Fsp3) is 0.650. The van der Waals surface area contributed by atoms with E-state index in [2.05, 4.69) is 26.6 Å². The highest BCUT2D eigenvalue weighted by Gasteiger charge is 2.34. The number of hydrogen-bond acceptors (Lipinski definition) is 5. The summed E-state index contributed by atoms with van der Waals surface area (Å²) in [4.78, 5) is 6.40. The molecule has 0 aliphatic carbocycles. The second-order valence-corrected chi connectivity index (χ2v) is 7.35. The topological polar surface area (TPSA) is 78.4 Å². The van der Waals surface area contributed by atoms with E-state index in [1.54, 1.807) is 7.05 Å². The van der Waals surface area contributed by atoms with Crippen LogP contribution in [0.2, 0.25) is 0 Å². The molecule has 1 aromatic rings. The second-order valence-electron chi connectivity index (χ2n) is 7.35. The Kier molecular flexibility index (Phi) is 11.7. The Morgan fingerprint density at radius 3 is 2.82 bits per heavy atom. The highest BCUT2D eigenvalue weighted by molar-refractivity contribution is 14.0. The zero-order valence-electron chi connectivity index (χ0n) is 17.2. The Labute approximate surface area is 185 Å². The molecule has 0 spiro atoms. The van der Waals surface area contributed by atoms with Crippen LogP contribution in [0.4, 0.5) is 0 Å². The van der Waals surface area contributed by atoms with E-state index in [-0.39, 0.29) is 36.0 Å². The minimum absolute atomic E-state index is 0. The Morgan fingerprint density at radius 2 is 2.18 bits per heavy atom. The summed E-state index contributed by atoms with van der Waals surface area (Å²) in [6.07, 6.45) is 1.70. The van der Waals surface area contributed by atoms with Crippen LogP contribution in [0.5, 0.6) is 5.75 Å². The predicted octanol–water partition coefficient (Wildman–Crippen LogP) is 1.70. The molecule has 3 N–H and O–H groups in total. The zero-order valence-corrected chi connectivity index (χ0v) is 19.6. The molecular weight excluding hydrogens is 471 g/mol. The number of aliphatic imine (C=N–C) groups is 1. The Bertz CT molecular complexity index is 593. The molecular formula is C20H35IN4O3. The summed E-state index contributed by atoms with van der Waals surface area (Å²) in [7, 11) is 5.83. The lowest BCUT2D eigenvalue weighted by atomic mass is 9.84. The molecule has 1 saturated heterocycles. The summed E-state index contributed by atoms with van der Waals surface area (Å²) in [6, 6.07) is 8.10. The Hall–Kier alpha value is -1.10. The van der Waals surface area contributed by atoms with Crippen LogP contribution in [0, 0.1) is 5.41 Å². The maximum Gasteiger partial charge on any atom is 0.191 e. The number of guanidine groups is 1. The fourth-order valence-corrected chi connectivity index (χ4v) is 3.08. The fourth-order valence-electron chi connectivity index (χ4n) is 3.08. The third-order valence-corrected chi connectivity index (χ3v) is 4.85. The molecule has 1 heterocycles. The van der Waals surface area contributed by atoms with E-state index in [0.29, 0.717) is 19.8 Å². The molecule has 0 saturated carbocycles. The maximum atomic E-state index is 9.34. The minimum atomic E-state index is -0.00738. The number of benzene rings is 1.